The van der Waals surface area contributed by atoms with Gasteiger partial charge < -0.3 is 0 Å². The minimum Gasteiger partial charge on any atom is -0.206 e. The molecular weight excluding hydrogens is 383 g/mol. The normalized spacial score (nSPS) is 19.6. The first-order valence-corrected chi connectivity index (χ1v) is 10.4. The van der Waals surface area contributed by atoms with Crippen molar-refractivity contribution in [3.8, 4) is 11.1 Å². The van der Waals surface area contributed by atoms with Crippen molar-refractivity contribution >= 4 is 0 Å². The van der Waals surface area contributed by atoms with E-state index < -0.39 is 40.2 Å². The van der Waals surface area contributed by atoms with Crippen LogP contribution in [-0.2, 0) is 6.42 Å². The third kappa shape index (κ3) is 4.65. The summed E-state index contributed by atoms with van der Waals surface area (Å²) in [5.41, 5.74) is -1.50. The van der Waals surface area contributed by atoms with Crippen LogP contribution in [0.15, 0.2) is 18.2 Å². The van der Waals surface area contributed by atoms with E-state index in [0.717, 1.165) is 43.7 Å². The van der Waals surface area contributed by atoms with E-state index in [4.69, 9.17) is 0 Å². The summed E-state index contributed by atoms with van der Waals surface area (Å²) in [6.45, 7) is 3.52. The average Bonchev–Trinajstić information content (AvgIpc) is 2.71. The monoisotopic (exact) mass is 410 g/mol. The Morgan fingerprint density at radius 1 is 0.793 bits per heavy atom. The summed E-state index contributed by atoms with van der Waals surface area (Å²) in [4.78, 5) is 0. The van der Waals surface area contributed by atoms with Crippen LogP contribution >= 0.6 is 0 Å². The maximum absolute atomic E-state index is 14.6. The van der Waals surface area contributed by atoms with Crippen LogP contribution in [0.3, 0.4) is 0 Å². The molecule has 1 aliphatic carbocycles. The van der Waals surface area contributed by atoms with Gasteiger partial charge in [0.2, 0.25) is 0 Å². The smallest absolute Gasteiger partial charge is 0.169 e. The van der Waals surface area contributed by atoms with E-state index in [1.54, 1.807) is 0 Å². The molecule has 2 aromatic rings. The Labute approximate surface area is 169 Å². The van der Waals surface area contributed by atoms with E-state index in [2.05, 4.69) is 6.92 Å². The lowest BCUT2D eigenvalue weighted by atomic mass is 9.78. The maximum Gasteiger partial charge on any atom is 0.169 e. The van der Waals surface area contributed by atoms with Gasteiger partial charge in [0.1, 0.15) is 5.82 Å². The summed E-state index contributed by atoms with van der Waals surface area (Å²) >= 11 is 0. The van der Waals surface area contributed by atoms with Gasteiger partial charge in [0.05, 0.1) is 5.56 Å². The van der Waals surface area contributed by atoms with E-state index in [9.17, 15) is 22.0 Å². The predicted molar refractivity (Wildman–Crippen MR) is 105 cm³/mol. The highest BCUT2D eigenvalue weighted by atomic mass is 19.2. The van der Waals surface area contributed by atoms with E-state index in [1.807, 2.05) is 0 Å². The number of aryl methyl sites for hydroxylation is 2. The van der Waals surface area contributed by atoms with Crippen LogP contribution in [0.1, 0.15) is 63.0 Å². The zero-order valence-electron chi connectivity index (χ0n) is 16.9. The first-order valence-electron chi connectivity index (χ1n) is 10.4. The molecule has 0 saturated heterocycles. The molecular formula is C24H27F5. The molecule has 0 aliphatic heterocycles. The minimum atomic E-state index is -1.46. The Bertz CT molecular complexity index is 866. The largest absolute Gasteiger partial charge is 0.206 e. The Morgan fingerprint density at radius 3 is 2.03 bits per heavy atom. The summed E-state index contributed by atoms with van der Waals surface area (Å²) in [7, 11) is 0. The highest BCUT2D eigenvalue weighted by Gasteiger charge is 2.25. The van der Waals surface area contributed by atoms with Gasteiger partial charge in [-0.05, 0) is 48.8 Å². The van der Waals surface area contributed by atoms with Gasteiger partial charge >= 0.3 is 0 Å². The Kier molecular flexibility index (Phi) is 6.97. The summed E-state index contributed by atoms with van der Waals surface area (Å²) in [6.07, 6.45) is 7.73. The lowest BCUT2D eigenvalue weighted by molar-refractivity contribution is 0.251. The fourth-order valence-corrected chi connectivity index (χ4v) is 4.49. The van der Waals surface area contributed by atoms with Gasteiger partial charge in [-0.3, -0.25) is 0 Å². The maximum atomic E-state index is 14.6. The number of benzene rings is 2. The summed E-state index contributed by atoms with van der Waals surface area (Å²) in [6, 6.07) is 3.21. The molecule has 0 unspecified atom stereocenters. The second-order valence-corrected chi connectivity index (χ2v) is 8.29. The molecule has 0 spiro atoms. The van der Waals surface area contributed by atoms with E-state index in [1.165, 1.54) is 25.8 Å². The second kappa shape index (κ2) is 9.27. The third-order valence-corrected chi connectivity index (χ3v) is 6.26. The fraction of sp³-hybridized carbons (Fsp3) is 0.500. The SMILES string of the molecule is CCCC1CCC(CCc2cc(F)c(-c3ccc(C)c(F)c3F)c(F)c2F)CC1. The minimum absolute atomic E-state index is 0.0119. The first-order chi connectivity index (χ1) is 13.8. The molecule has 0 nitrogen and oxygen atoms in total. The van der Waals surface area contributed by atoms with Crippen molar-refractivity contribution in [2.45, 2.75) is 65.2 Å². The third-order valence-electron chi connectivity index (χ3n) is 6.26. The standard InChI is InChI=1S/C24H27F5/c1-3-4-15-6-8-16(9-7-15)10-11-17-13-19(25)20(24(29)22(17)27)18-12-5-14(2)21(26)23(18)28/h5,12-13,15-16H,3-4,6-11H2,1-2H3. The average molecular weight is 410 g/mol. The molecule has 0 atom stereocenters. The Morgan fingerprint density at radius 2 is 1.41 bits per heavy atom. The van der Waals surface area contributed by atoms with Gasteiger partial charge in [-0.2, -0.15) is 0 Å². The summed E-state index contributed by atoms with van der Waals surface area (Å²) < 4.78 is 71.8. The van der Waals surface area contributed by atoms with Crippen molar-refractivity contribution in [1.29, 1.82) is 0 Å². The molecule has 3 rings (SSSR count). The molecule has 0 aromatic heterocycles. The molecule has 1 aliphatic rings. The van der Waals surface area contributed by atoms with Crippen LogP contribution < -0.4 is 0 Å². The highest BCUT2D eigenvalue weighted by molar-refractivity contribution is 5.67. The molecule has 0 N–H and O–H groups in total. The second-order valence-electron chi connectivity index (χ2n) is 8.29. The van der Waals surface area contributed by atoms with Crippen molar-refractivity contribution in [2.75, 3.05) is 0 Å². The molecule has 0 heterocycles. The number of hydrogen-bond acceptors (Lipinski definition) is 0. The zero-order chi connectivity index (χ0) is 21.1. The molecule has 0 radical (unpaired) electrons. The molecule has 2 aromatic carbocycles. The number of hydrogen-bond donors (Lipinski definition) is 0. The highest BCUT2D eigenvalue weighted by Crippen LogP contribution is 2.36. The first kappa shape index (κ1) is 21.8. The van der Waals surface area contributed by atoms with Crippen molar-refractivity contribution < 1.29 is 22.0 Å². The molecule has 0 amide bonds. The lowest BCUT2D eigenvalue weighted by Gasteiger charge is -2.28. The number of rotatable bonds is 6. The van der Waals surface area contributed by atoms with Crippen LogP contribution in [0.5, 0.6) is 0 Å². The van der Waals surface area contributed by atoms with Crippen molar-refractivity contribution in [1.82, 2.24) is 0 Å². The van der Waals surface area contributed by atoms with Crippen LogP contribution in [0.25, 0.3) is 11.1 Å². The predicted octanol–water partition coefficient (Wildman–Crippen LogP) is 7.90. The van der Waals surface area contributed by atoms with Gasteiger partial charge in [-0.15, -0.1) is 0 Å². The van der Waals surface area contributed by atoms with Gasteiger partial charge in [0, 0.05) is 5.56 Å². The van der Waals surface area contributed by atoms with E-state index >= 15 is 0 Å². The Hall–Kier alpha value is -1.91. The van der Waals surface area contributed by atoms with Crippen molar-refractivity contribution in [3.63, 3.8) is 0 Å². The lowest BCUT2D eigenvalue weighted by Crippen LogP contribution is -2.15. The van der Waals surface area contributed by atoms with Crippen molar-refractivity contribution in [2.24, 2.45) is 11.8 Å². The van der Waals surface area contributed by atoms with Gasteiger partial charge in [-0.1, -0.05) is 57.6 Å². The molecule has 1 saturated carbocycles. The van der Waals surface area contributed by atoms with E-state index in [-0.39, 0.29) is 17.5 Å². The van der Waals surface area contributed by atoms with E-state index in [0.29, 0.717) is 12.3 Å². The topological polar surface area (TPSA) is 0 Å². The summed E-state index contributed by atoms with van der Waals surface area (Å²) in [5.74, 6) is -5.10. The molecule has 1 fully saturated rings. The van der Waals surface area contributed by atoms with Gasteiger partial charge in [0.15, 0.2) is 23.3 Å². The van der Waals surface area contributed by atoms with Gasteiger partial charge in [0.25, 0.3) is 0 Å². The molecule has 0 bridgehead atoms. The van der Waals surface area contributed by atoms with Crippen LogP contribution in [0.4, 0.5) is 22.0 Å². The van der Waals surface area contributed by atoms with Crippen LogP contribution in [0.2, 0.25) is 0 Å². The fourth-order valence-electron chi connectivity index (χ4n) is 4.49. The number of halogens is 5. The van der Waals surface area contributed by atoms with Gasteiger partial charge in [-0.25, -0.2) is 22.0 Å². The molecule has 5 heteroatoms. The zero-order valence-corrected chi connectivity index (χ0v) is 16.9. The molecule has 158 valence electrons. The van der Waals surface area contributed by atoms with Crippen LogP contribution in [-0.4, -0.2) is 0 Å². The Balaban J connectivity index is 1.77. The quantitative estimate of drug-likeness (QED) is 0.335. The van der Waals surface area contributed by atoms with Crippen molar-refractivity contribution in [3.05, 3.63) is 58.4 Å². The van der Waals surface area contributed by atoms with Crippen LogP contribution in [0, 0.1) is 47.8 Å². The summed E-state index contributed by atoms with van der Waals surface area (Å²) in [5, 5.41) is 0. The molecule has 29 heavy (non-hydrogen) atoms.